The Kier molecular flexibility index (Phi) is 8.80. The molecular weight excluding hydrogens is 260 g/mol. The Morgan fingerprint density at radius 2 is 1.67 bits per heavy atom. The van der Waals surface area contributed by atoms with Gasteiger partial charge < -0.3 is 5.11 Å². The number of hydrogen-bond acceptors (Lipinski definition) is 1. The lowest BCUT2D eigenvalue weighted by Crippen LogP contribution is -2.11. The Hall–Kier alpha value is -1.31. The van der Waals surface area contributed by atoms with Crippen molar-refractivity contribution in [3.8, 4) is 0 Å². The predicted molar refractivity (Wildman–Crippen MR) is 88.8 cm³/mol. The van der Waals surface area contributed by atoms with Crippen LogP contribution in [-0.2, 0) is 4.79 Å². The van der Waals surface area contributed by atoms with E-state index < -0.39 is 5.97 Å². The number of carboxylic acid groups (broad SMARTS) is 1. The molecule has 2 nitrogen and oxygen atoms in total. The highest BCUT2D eigenvalue weighted by Crippen LogP contribution is 2.24. The molecule has 1 N–H and O–H groups in total. The van der Waals surface area contributed by atoms with Gasteiger partial charge in [0.15, 0.2) is 0 Å². The lowest BCUT2D eigenvalue weighted by molar-refractivity contribution is -0.139. The zero-order chi connectivity index (χ0) is 15.5. The average molecular weight is 290 g/mol. The van der Waals surface area contributed by atoms with Gasteiger partial charge in [0.25, 0.3) is 0 Å². The maximum atomic E-state index is 11.4. The van der Waals surface area contributed by atoms with E-state index in [0.717, 1.165) is 30.4 Å². The molecule has 0 amide bonds. The van der Waals surface area contributed by atoms with Crippen molar-refractivity contribution in [3.05, 3.63) is 35.4 Å². The molecule has 1 atom stereocenters. The molecular formula is C19H30O2. The number of unbranched alkanes of at least 4 members (excludes halogenated alkanes) is 7. The monoisotopic (exact) mass is 290 g/mol. The van der Waals surface area contributed by atoms with E-state index in [1.165, 1.54) is 38.5 Å². The molecule has 118 valence electrons. The van der Waals surface area contributed by atoms with E-state index in [9.17, 15) is 9.90 Å². The molecule has 0 saturated heterocycles. The van der Waals surface area contributed by atoms with Crippen LogP contribution in [0.1, 0.15) is 81.8 Å². The van der Waals surface area contributed by atoms with Gasteiger partial charge in [-0.15, -0.1) is 0 Å². The summed E-state index contributed by atoms with van der Waals surface area (Å²) < 4.78 is 0. The molecule has 1 aromatic rings. The van der Waals surface area contributed by atoms with Crippen LogP contribution in [0.5, 0.6) is 0 Å². The third kappa shape index (κ3) is 7.31. The van der Waals surface area contributed by atoms with Gasteiger partial charge in [-0.3, -0.25) is 4.79 Å². The predicted octanol–water partition coefficient (Wildman–Crippen LogP) is 5.69. The van der Waals surface area contributed by atoms with Crippen LogP contribution in [0.4, 0.5) is 0 Å². The Morgan fingerprint density at radius 1 is 1.05 bits per heavy atom. The zero-order valence-corrected chi connectivity index (χ0v) is 13.6. The van der Waals surface area contributed by atoms with Gasteiger partial charge in [-0.05, 0) is 18.9 Å². The van der Waals surface area contributed by atoms with Gasteiger partial charge in [0, 0.05) is 0 Å². The van der Waals surface area contributed by atoms with E-state index >= 15 is 0 Å². The number of carbonyl (C=O) groups is 1. The summed E-state index contributed by atoms with van der Waals surface area (Å²) in [7, 11) is 0. The third-order valence-corrected chi connectivity index (χ3v) is 4.09. The van der Waals surface area contributed by atoms with Crippen LogP contribution in [0.3, 0.4) is 0 Å². The zero-order valence-electron chi connectivity index (χ0n) is 13.6. The fourth-order valence-corrected chi connectivity index (χ4v) is 2.80. The molecule has 1 rings (SSSR count). The van der Waals surface area contributed by atoms with E-state index in [1.54, 1.807) is 0 Å². The standard InChI is InChI=1S/C19H30O2/c1-3-4-5-6-7-8-9-10-14-18(19(20)21)17-13-11-12-16(2)15-17/h11-13,15,18H,3-10,14H2,1-2H3,(H,20,21). The lowest BCUT2D eigenvalue weighted by Gasteiger charge is -2.13. The molecule has 0 bridgehead atoms. The summed E-state index contributed by atoms with van der Waals surface area (Å²) in [5.74, 6) is -1.03. The van der Waals surface area contributed by atoms with Crippen molar-refractivity contribution >= 4 is 5.97 Å². The lowest BCUT2D eigenvalue weighted by atomic mass is 9.92. The van der Waals surface area contributed by atoms with Gasteiger partial charge in [-0.1, -0.05) is 88.1 Å². The number of carboxylic acids is 1. The Labute approximate surface area is 129 Å². The van der Waals surface area contributed by atoms with Crippen molar-refractivity contribution in [2.24, 2.45) is 0 Å². The highest BCUT2D eigenvalue weighted by Gasteiger charge is 2.19. The molecule has 0 aliphatic rings. The first-order valence-corrected chi connectivity index (χ1v) is 8.44. The number of rotatable bonds is 11. The quantitative estimate of drug-likeness (QED) is 0.531. The Balaban J connectivity index is 2.28. The average Bonchev–Trinajstić information content (AvgIpc) is 2.45. The van der Waals surface area contributed by atoms with E-state index in [1.807, 2.05) is 31.2 Å². The number of hydrogen-bond donors (Lipinski definition) is 1. The van der Waals surface area contributed by atoms with E-state index in [-0.39, 0.29) is 5.92 Å². The summed E-state index contributed by atoms with van der Waals surface area (Å²) in [5.41, 5.74) is 2.08. The highest BCUT2D eigenvalue weighted by atomic mass is 16.4. The normalized spacial score (nSPS) is 12.3. The maximum Gasteiger partial charge on any atom is 0.310 e. The molecule has 2 heteroatoms. The molecule has 0 aliphatic heterocycles. The SMILES string of the molecule is CCCCCCCCCCC(C(=O)O)c1cccc(C)c1. The van der Waals surface area contributed by atoms with Crippen LogP contribution < -0.4 is 0 Å². The van der Waals surface area contributed by atoms with E-state index in [4.69, 9.17) is 0 Å². The molecule has 0 spiro atoms. The molecule has 1 aromatic carbocycles. The van der Waals surface area contributed by atoms with Crippen molar-refractivity contribution in [2.75, 3.05) is 0 Å². The minimum absolute atomic E-state index is 0.343. The van der Waals surface area contributed by atoms with Crippen molar-refractivity contribution in [1.82, 2.24) is 0 Å². The van der Waals surface area contributed by atoms with Gasteiger partial charge in [-0.2, -0.15) is 0 Å². The van der Waals surface area contributed by atoms with Crippen LogP contribution in [0.15, 0.2) is 24.3 Å². The van der Waals surface area contributed by atoms with E-state index in [0.29, 0.717) is 0 Å². The number of aryl methyl sites for hydroxylation is 1. The van der Waals surface area contributed by atoms with E-state index in [2.05, 4.69) is 6.92 Å². The smallest absolute Gasteiger partial charge is 0.310 e. The minimum atomic E-state index is -0.691. The molecule has 21 heavy (non-hydrogen) atoms. The maximum absolute atomic E-state index is 11.4. The van der Waals surface area contributed by atoms with Crippen LogP contribution in [0.2, 0.25) is 0 Å². The minimum Gasteiger partial charge on any atom is -0.481 e. The molecule has 0 saturated carbocycles. The first kappa shape index (κ1) is 17.7. The second kappa shape index (κ2) is 10.4. The summed E-state index contributed by atoms with van der Waals surface area (Å²) in [6.45, 7) is 4.25. The van der Waals surface area contributed by atoms with Gasteiger partial charge in [-0.25, -0.2) is 0 Å². The summed E-state index contributed by atoms with van der Waals surface area (Å²) >= 11 is 0. The fraction of sp³-hybridized carbons (Fsp3) is 0.632. The molecule has 0 aromatic heterocycles. The topological polar surface area (TPSA) is 37.3 Å². The molecule has 1 unspecified atom stereocenters. The Bertz CT molecular complexity index is 412. The number of aliphatic carboxylic acids is 1. The van der Waals surface area contributed by atoms with Gasteiger partial charge in [0.1, 0.15) is 0 Å². The summed E-state index contributed by atoms with van der Waals surface area (Å²) in [5, 5.41) is 9.42. The van der Waals surface area contributed by atoms with Gasteiger partial charge in [0.05, 0.1) is 5.92 Å². The summed E-state index contributed by atoms with van der Waals surface area (Å²) in [4.78, 5) is 11.4. The molecule has 0 fully saturated rings. The fourth-order valence-electron chi connectivity index (χ4n) is 2.80. The van der Waals surface area contributed by atoms with Crippen LogP contribution in [0.25, 0.3) is 0 Å². The second-order valence-corrected chi connectivity index (χ2v) is 6.07. The first-order chi connectivity index (χ1) is 10.1. The van der Waals surface area contributed by atoms with Crippen molar-refractivity contribution in [2.45, 2.75) is 77.6 Å². The van der Waals surface area contributed by atoms with Crippen LogP contribution in [-0.4, -0.2) is 11.1 Å². The van der Waals surface area contributed by atoms with Crippen LogP contribution in [0, 0.1) is 6.92 Å². The summed E-state index contributed by atoms with van der Waals surface area (Å²) in [6, 6.07) is 7.91. The summed E-state index contributed by atoms with van der Waals surface area (Å²) in [6.07, 6.45) is 10.8. The molecule has 0 radical (unpaired) electrons. The second-order valence-electron chi connectivity index (χ2n) is 6.07. The largest absolute Gasteiger partial charge is 0.481 e. The van der Waals surface area contributed by atoms with Crippen molar-refractivity contribution < 1.29 is 9.90 Å². The first-order valence-electron chi connectivity index (χ1n) is 8.44. The molecule has 0 heterocycles. The van der Waals surface area contributed by atoms with Crippen molar-refractivity contribution in [3.63, 3.8) is 0 Å². The van der Waals surface area contributed by atoms with Gasteiger partial charge in [0.2, 0.25) is 0 Å². The van der Waals surface area contributed by atoms with Crippen LogP contribution >= 0.6 is 0 Å². The third-order valence-electron chi connectivity index (χ3n) is 4.09. The van der Waals surface area contributed by atoms with Gasteiger partial charge >= 0.3 is 5.97 Å². The molecule has 0 aliphatic carbocycles. The Morgan fingerprint density at radius 3 is 2.24 bits per heavy atom. The van der Waals surface area contributed by atoms with Crippen molar-refractivity contribution in [1.29, 1.82) is 0 Å². The number of benzene rings is 1. The highest BCUT2D eigenvalue weighted by molar-refractivity contribution is 5.76.